The second kappa shape index (κ2) is 4.83. The number of hydrogen-bond donors (Lipinski definition) is 1. The van der Waals surface area contributed by atoms with Gasteiger partial charge in [-0.15, -0.1) is 0 Å². The van der Waals surface area contributed by atoms with Gasteiger partial charge in [0.25, 0.3) is 5.91 Å². The van der Waals surface area contributed by atoms with Gasteiger partial charge in [0.05, 0.1) is 0 Å². The maximum atomic E-state index is 11.6. The van der Waals surface area contributed by atoms with Crippen molar-refractivity contribution >= 4 is 5.91 Å². The molecule has 0 aliphatic heterocycles. The first-order chi connectivity index (χ1) is 7.39. The number of rotatable bonds is 3. The molecule has 1 aliphatic carbocycles. The van der Waals surface area contributed by atoms with Gasteiger partial charge in [0.15, 0.2) is 0 Å². The summed E-state index contributed by atoms with van der Waals surface area (Å²) >= 11 is 0. The van der Waals surface area contributed by atoms with Gasteiger partial charge in [-0.05, 0) is 31.8 Å². The van der Waals surface area contributed by atoms with E-state index in [0.717, 1.165) is 12.1 Å². The average molecular weight is 223 g/mol. The van der Waals surface area contributed by atoms with Gasteiger partial charge < -0.3 is 10.0 Å². The van der Waals surface area contributed by atoms with E-state index < -0.39 is 6.61 Å². The fourth-order valence-electron chi connectivity index (χ4n) is 2.26. The SMILES string of the molecule is CCN(C(=O)CO)C1=CC(C)(C)CC(C)=C1. The molecule has 3 nitrogen and oxygen atoms in total. The van der Waals surface area contributed by atoms with Gasteiger partial charge in [-0.1, -0.05) is 25.5 Å². The molecule has 0 aromatic heterocycles. The van der Waals surface area contributed by atoms with E-state index in [1.54, 1.807) is 4.90 Å². The minimum Gasteiger partial charge on any atom is -0.387 e. The summed E-state index contributed by atoms with van der Waals surface area (Å²) in [5.41, 5.74) is 2.26. The first kappa shape index (κ1) is 13.0. The minimum atomic E-state index is -0.432. The first-order valence-electron chi connectivity index (χ1n) is 5.71. The van der Waals surface area contributed by atoms with Gasteiger partial charge in [0.2, 0.25) is 0 Å². The summed E-state index contributed by atoms with van der Waals surface area (Å²) in [6, 6.07) is 0. The zero-order chi connectivity index (χ0) is 12.3. The van der Waals surface area contributed by atoms with Crippen LogP contribution in [0.1, 0.15) is 34.1 Å². The van der Waals surface area contributed by atoms with Gasteiger partial charge in [0.1, 0.15) is 6.61 Å². The Hall–Kier alpha value is -1.09. The van der Waals surface area contributed by atoms with E-state index in [2.05, 4.69) is 26.8 Å². The maximum absolute atomic E-state index is 11.6. The monoisotopic (exact) mass is 223 g/mol. The standard InChI is InChI=1S/C13H21NO2/c1-5-14(12(16)9-15)11-6-10(2)7-13(3,4)8-11/h6,8,15H,5,7,9H2,1-4H3. The molecule has 0 heterocycles. The number of nitrogens with zero attached hydrogens (tertiary/aromatic N) is 1. The number of carbonyl (C=O) groups is 1. The number of carbonyl (C=O) groups excluding carboxylic acids is 1. The molecule has 0 saturated carbocycles. The van der Waals surface area contributed by atoms with E-state index in [1.165, 1.54) is 5.57 Å². The van der Waals surface area contributed by atoms with Crippen LogP contribution in [0.25, 0.3) is 0 Å². The highest BCUT2D eigenvalue weighted by Crippen LogP contribution is 2.33. The first-order valence-corrected chi connectivity index (χ1v) is 5.71. The van der Waals surface area contributed by atoms with Gasteiger partial charge in [-0.3, -0.25) is 4.79 Å². The van der Waals surface area contributed by atoms with Crippen molar-refractivity contribution in [3.63, 3.8) is 0 Å². The molecule has 90 valence electrons. The van der Waals surface area contributed by atoms with E-state index >= 15 is 0 Å². The molecule has 0 fully saturated rings. The molecule has 1 amide bonds. The Labute approximate surface area is 97.4 Å². The lowest BCUT2D eigenvalue weighted by Crippen LogP contribution is -2.33. The molecule has 0 radical (unpaired) electrons. The van der Waals surface area contributed by atoms with Crippen molar-refractivity contribution in [2.75, 3.05) is 13.2 Å². The molecule has 0 aromatic carbocycles. The predicted molar refractivity (Wildman–Crippen MR) is 64.7 cm³/mol. The van der Waals surface area contributed by atoms with Crippen LogP contribution in [-0.2, 0) is 4.79 Å². The second-order valence-corrected chi connectivity index (χ2v) is 5.02. The Morgan fingerprint density at radius 3 is 2.62 bits per heavy atom. The lowest BCUT2D eigenvalue weighted by atomic mass is 9.81. The molecule has 0 bridgehead atoms. The zero-order valence-electron chi connectivity index (χ0n) is 10.6. The number of likely N-dealkylation sites (N-methyl/N-ethyl adjacent to an activating group) is 1. The fourth-order valence-corrected chi connectivity index (χ4v) is 2.26. The van der Waals surface area contributed by atoms with Crippen LogP contribution in [0, 0.1) is 5.41 Å². The van der Waals surface area contributed by atoms with Crippen molar-refractivity contribution in [1.29, 1.82) is 0 Å². The molecule has 16 heavy (non-hydrogen) atoms. The highest BCUT2D eigenvalue weighted by Gasteiger charge is 2.24. The quantitative estimate of drug-likeness (QED) is 0.796. The molecular formula is C13H21NO2. The van der Waals surface area contributed by atoms with Crippen LogP contribution in [0.2, 0.25) is 0 Å². The van der Waals surface area contributed by atoms with Gasteiger partial charge in [0, 0.05) is 12.2 Å². The number of aliphatic hydroxyl groups excluding tert-OH is 1. The molecule has 1 rings (SSSR count). The van der Waals surface area contributed by atoms with Crippen molar-refractivity contribution in [2.45, 2.75) is 34.1 Å². The Morgan fingerprint density at radius 1 is 1.56 bits per heavy atom. The van der Waals surface area contributed by atoms with Crippen LogP contribution in [0.5, 0.6) is 0 Å². The maximum Gasteiger partial charge on any atom is 0.252 e. The molecule has 0 unspecified atom stereocenters. The Balaban J connectivity index is 3.01. The number of aliphatic hydroxyl groups is 1. The summed E-state index contributed by atoms with van der Waals surface area (Å²) in [5.74, 6) is -0.240. The largest absolute Gasteiger partial charge is 0.387 e. The van der Waals surface area contributed by atoms with Crippen molar-refractivity contribution in [1.82, 2.24) is 4.90 Å². The molecule has 0 spiro atoms. The lowest BCUT2D eigenvalue weighted by Gasteiger charge is -2.31. The van der Waals surface area contributed by atoms with Crippen LogP contribution in [0.15, 0.2) is 23.4 Å². The summed E-state index contributed by atoms with van der Waals surface area (Å²) in [7, 11) is 0. The average Bonchev–Trinajstić information content (AvgIpc) is 2.15. The molecular weight excluding hydrogens is 202 g/mol. The molecule has 0 saturated heterocycles. The highest BCUT2D eigenvalue weighted by atomic mass is 16.3. The summed E-state index contributed by atoms with van der Waals surface area (Å²) in [6.45, 7) is 8.45. The van der Waals surface area contributed by atoms with Crippen LogP contribution in [0.3, 0.4) is 0 Å². The lowest BCUT2D eigenvalue weighted by molar-refractivity contribution is -0.131. The third-order valence-corrected chi connectivity index (χ3v) is 2.73. The fraction of sp³-hybridized carbons (Fsp3) is 0.615. The predicted octanol–water partition coefficient (Wildman–Crippen LogP) is 2.09. The molecule has 0 atom stereocenters. The van der Waals surface area contributed by atoms with Gasteiger partial charge in [-0.2, -0.15) is 0 Å². The Kier molecular flexibility index (Phi) is 3.92. The van der Waals surface area contributed by atoms with Crippen molar-refractivity contribution in [3.05, 3.63) is 23.4 Å². The van der Waals surface area contributed by atoms with Crippen LogP contribution >= 0.6 is 0 Å². The normalized spacial score (nSPS) is 18.8. The summed E-state index contributed by atoms with van der Waals surface area (Å²) < 4.78 is 0. The molecule has 1 aliphatic rings. The third kappa shape index (κ3) is 2.95. The molecule has 1 N–H and O–H groups in total. The summed E-state index contributed by atoms with van der Waals surface area (Å²) in [4.78, 5) is 13.2. The number of hydrogen-bond acceptors (Lipinski definition) is 2. The van der Waals surface area contributed by atoms with Crippen LogP contribution in [-0.4, -0.2) is 29.1 Å². The third-order valence-electron chi connectivity index (χ3n) is 2.73. The van der Waals surface area contributed by atoms with Crippen LogP contribution < -0.4 is 0 Å². The van der Waals surface area contributed by atoms with Gasteiger partial charge >= 0.3 is 0 Å². The van der Waals surface area contributed by atoms with Crippen molar-refractivity contribution in [2.24, 2.45) is 5.41 Å². The van der Waals surface area contributed by atoms with E-state index in [0.29, 0.717) is 6.54 Å². The van der Waals surface area contributed by atoms with E-state index in [9.17, 15) is 4.79 Å². The second-order valence-electron chi connectivity index (χ2n) is 5.02. The molecule has 0 aromatic rings. The zero-order valence-corrected chi connectivity index (χ0v) is 10.6. The topological polar surface area (TPSA) is 40.5 Å². The van der Waals surface area contributed by atoms with E-state index in [4.69, 9.17) is 5.11 Å². The number of allylic oxidation sites excluding steroid dienone is 3. The van der Waals surface area contributed by atoms with Crippen LogP contribution in [0.4, 0.5) is 0 Å². The van der Waals surface area contributed by atoms with E-state index in [1.807, 2.05) is 13.0 Å². The minimum absolute atomic E-state index is 0.0807. The number of amides is 1. The smallest absolute Gasteiger partial charge is 0.252 e. The van der Waals surface area contributed by atoms with Crippen molar-refractivity contribution < 1.29 is 9.90 Å². The Bertz CT molecular complexity index is 340. The van der Waals surface area contributed by atoms with Gasteiger partial charge in [-0.25, -0.2) is 0 Å². The summed E-state index contributed by atoms with van der Waals surface area (Å²) in [6.07, 6.45) is 5.15. The van der Waals surface area contributed by atoms with Crippen molar-refractivity contribution in [3.8, 4) is 0 Å². The highest BCUT2D eigenvalue weighted by molar-refractivity contribution is 5.79. The van der Waals surface area contributed by atoms with E-state index in [-0.39, 0.29) is 11.3 Å². The Morgan fingerprint density at radius 2 is 2.19 bits per heavy atom. The summed E-state index contributed by atoms with van der Waals surface area (Å²) in [5, 5.41) is 8.92. The molecule has 3 heteroatoms.